The third-order valence-electron chi connectivity index (χ3n) is 7.46. The molecule has 4 rings (SSSR count). The summed E-state index contributed by atoms with van der Waals surface area (Å²) in [6.45, 7) is 5.80. The van der Waals surface area contributed by atoms with Gasteiger partial charge in [-0.2, -0.15) is 0 Å². The molecule has 48 heavy (non-hydrogen) atoms. The first-order valence-corrected chi connectivity index (χ1v) is 15.9. The number of aromatic hydroxyl groups is 1. The van der Waals surface area contributed by atoms with Crippen LogP contribution in [0.3, 0.4) is 0 Å². The summed E-state index contributed by atoms with van der Waals surface area (Å²) >= 11 is 0. The van der Waals surface area contributed by atoms with Crippen LogP contribution >= 0.6 is 0 Å². The molecule has 4 aromatic carbocycles. The van der Waals surface area contributed by atoms with Crippen LogP contribution in [-0.2, 0) is 45.3 Å². The second-order valence-electron chi connectivity index (χ2n) is 12.1. The number of hydrogen-bond donors (Lipinski definition) is 4. The molecule has 0 aliphatic carbocycles. The van der Waals surface area contributed by atoms with Crippen molar-refractivity contribution in [1.82, 2.24) is 16.2 Å². The molecule has 0 radical (unpaired) electrons. The molecule has 0 spiro atoms. The van der Waals surface area contributed by atoms with Gasteiger partial charge in [-0.1, -0.05) is 111 Å². The minimum atomic E-state index is -1.47. The molecule has 0 saturated carbocycles. The van der Waals surface area contributed by atoms with E-state index in [4.69, 9.17) is 14.2 Å². The fourth-order valence-electron chi connectivity index (χ4n) is 4.88. The second kappa shape index (κ2) is 17.5. The molecule has 10 nitrogen and oxygen atoms in total. The highest BCUT2D eigenvalue weighted by Gasteiger charge is 2.36. The van der Waals surface area contributed by atoms with E-state index in [0.717, 1.165) is 16.7 Å². The Bertz CT molecular complexity index is 1620. The average molecular weight is 654 g/mol. The molecule has 0 unspecified atom stereocenters. The number of ether oxygens (including phenoxy) is 3. The maximum atomic E-state index is 13.6. The molecule has 0 aromatic heterocycles. The highest BCUT2D eigenvalue weighted by Crippen LogP contribution is 2.29. The molecule has 2 atom stereocenters. The van der Waals surface area contributed by atoms with Crippen molar-refractivity contribution < 1.29 is 33.7 Å². The Morgan fingerprint density at radius 3 is 1.83 bits per heavy atom. The van der Waals surface area contributed by atoms with Crippen LogP contribution in [-0.4, -0.2) is 34.7 Å². The van der Waals surface area contributed by atoms with E-state index in [0.29, 0.717) is 12.0 Å². The van der Waals surface area contributed by atoms with Crippen LogP contribution in [0.4, 0.5) is 4.79 Å². The topological polar surface area (TPSA) is 135 Å². The van der Waals surface area contributed by atoms with Crippen molar-refractivity contribution in [3.63, 3.8) is 0 Å². The zero-order chi connectivity index (χ0) is 34.4. The lowest BCUT2D eigenvalue weighted by molar-refractivity contribution is -0.153. The first-order chi connectivity index (χ1) is 23.1. The number of phenolic OH excluding ortho intramolecular Hbond substituents is 1. The summed E-state index contributed by atoms with van der Waals surface area (Å²) in [7, 11) is 0. The fourth-order valence-corrected chi connectivity index (χ4v) is 4.88. The van der Waals surface area contributed by atoms with E-state index in [9.17, 15) is 19.5 Å². The van der Waals surface area contributed by atoms with Gasteiger partial charge in [-0.15, -0.1) is 0 Å². The number of phenols is 1. The summed E-state index contributed by atoms with van der Waals surface area (Å²) < 4.78 is 17.0. The third kappa shape index (κ3) is 11.2. The van der Waals surface area contributed by atoms with Gasteiger partial charge in [-0.3, -0.25) is 5.43 Å². The number of hydrogen-bond acceptors (Lipinski definition) is 8. The number of nitrogens with one attached hydrogen (secondary N) is 3. The van der Waals surface area contributed by atoms with E-state index >= 15 is 0 Å². The Labute approximate surface area is 281 Å². The predicted octanol–water partition coefficient (Wildman–Crippen LogP) is 5.98. The quantitative estimate of drug-likeness (QED) is 0.0858. The number of carbonyl (C=O) groups is 3. The minimum absolute atomic E-state index is 0.0217. The van der Waals surface area contributed by atoms with Gasteiger partial charge in [0.05, 0.1) is 0 Å². The lowest BCUT2D eigenvalue weighted by Gasteiger charge is -2.30. The Hall–Kier alpha value is -5.35. The lowest BCUT2D eigenvalue weighted by atomic mass is 9.93. The molecule has 4 N–H and O–H groups in total. The Morgan fingerprint density at radius 2 is 1.27 bits per heavy atom. The van der Waals surface area contributed by atoms with Gasteiger partial charge >= 0.3 is 18.0 Å². The van der Waals surface area contributed by atoms with E-state index in [-0.39, 0.29) is 43.7 Å². The SMILES string of the molecule is CC(C)C[C@H](NC(=O)NN[C@@](C)(Cc1ccc(O)c(OCc2ccccc2)c1)C(=O)OCc1ccccc1)C(=O)OCc1ccccc1. The van der Waals surface area contributed by atoms with Crippen molar-refractivity contribution in [3.05, 3.63) is 131 Å². The zero-order valence-corrected chi connectivity index (χ0v) is 27.5. The van der Waals surface area contributed by atoms with Crippen LogP contribution in [0.2, 0.25) is 0 Å². The number of hydrazine groups is 1. The van der Waals surface area contributed by atoms with Gasteiger partial charge in [0.25, 0.3) is 0 Å². The summed E-state index contributed by atoms with van der Waals surface area (Å²) in [6, 6.07) is 31.2. The van der Waals surface area contributed by atoms with E-state index in [1.54, 1.807) is 19.1 Å². The standard InChI is InChI=1S/C38H43N3O7/c1-27(2)21-32(35(43)47-25-29-15-9-5-10-16-29)39-37(45)40-41-38(3,36(44)48-26-30-17-11-6-12-18-30)23-31-19-20-33(42)34(22-31)46-24-28-13-7-4-8-14-28/h4-20,22,27,32,41-42H,21,23-26H2,1-3H3,(H2,39,40,45)/t32-,38-/m0/s1. The van der Waals surface area contributed by atoms with Crippen LogP contribution in [0.25, 0.3) is 0 Å². The average Bonchev–Trinajstić information content (AvgIpc) is 3.09. The van der Waals surface area contributed by atoms with Gasteiger partial charge in [-0.25, -0.2) is 19.8 Å². The summed E-state index contributed by atoms with van der Waals surface area (Å²) in [5.41, 5.74) is 7.08. The molecular formula is C38H43N3O7. The highest BCUT2D eigenvalue weighted by molar-refractivity contribution is 5.84. The molecule has 4 aromatic rings. The Morgan fingerprint density at radius 1 is 0.729 bits per heavy atom. The van der Waals surface area contributed by atoms with E-state index in [2.05, 4.69) is 16.2 Å². The van der Waals surface area contributed by atoms with Gasteiger partial charge in [-0.05, 0) is 53.6 Å². The number of urea groups is 1. The lowest BCUT2D eigenvalue weighted by Crippen LogP contribution is -2.61. The largest absolute Gasteiger partial charge is 0.504 e. The Kier molecular flexibility index (Phi) is 13.0. The summed E-state index contributed by atoms with van der Waals surface area (Å²) in [5, 5.41) is 13.1. The number of rotatable bonds is 16. The first-order valence-electron chi connectivity index (χ1n) is 15.9. The van der Waals surface area contributed by atoms with Gasteiger partial charge in [0.1, 0.15) is 31.4 Å². The monoisotopic (exact) mass is 653 g/mol. The number of benzene rings is 4. The molecule has 0 bridgehead atoms. The number of amides is 2. The third-order valence-corrected chi connectivity index (χ3v) is 7.46. The van der Waals surface area contributed by atoms with Crippen LogP contribution in [0.1, 0.15) is 49.4 Å². The molecule has 2 amide bonds. The molecule has 0 fully saturated rings. The van der Waals surface area contributed by atoms with Crippen molar-refractivity contribution in [1.29, 1.82) is 0 Å². The summed E-state index contributed by atoms with van der Waals surface area (Å²) in [4.78, 5) is 39.7. The molecule has 0 heterocycles. The summed E-state index contributed by atoms with van der Waals surface area (Å²) in [5.74, 6) is -0.928. The van der Waals surface area contributed by atoms with Crippen LogP contribution in [0.5, 0.6) is 11.5 Å². The number of esters is 2. The molecule has 252 valence electrons. The molecule has 0 saturated heterocycles. The van der Waals surface area contributed by atoms with E-state index < -0.39 is 29.6 Å². The van der Waals surface area contributed by atoms with Gasteiger partial charge in [0, 0.05) is 6.42 Å². The van der Waals surface area contributed by atoms with Gasteiger partial charge in [0.15, 0.2) is 11.5 Å². The van der Waals surface area contributed by atoms with Gasteiger partial charge < -0.3 is 24.6 Å². The van der Waals surface area contributed by atoms with Crippen molar-refractivity contribution >= 4 is 18.0 Å². The molecular weight excluding hydrogens is 610 g/mol. The zero-order valence-electron chi connectivity index (χ0n) is 27.5. The Balaban J connectivity index is 1.46. The maximum Gasteiger partial charge on any atom is 0.329 e. The van der Waals surface area contributed by atoms with E-state index in [1.807, 2.05) is 105 Å². The normalized spacial score (nSPS) is 12.8. The summed E-state index contributed by atoms with van der Waals surface area (Å²) in [6.07, 6.45) is 0.397. The fraction of sp³-hybridized carbons (Fsp3) is 0.289. The van der Waals surface area contributed by atoms with Crippen LogP contribution in [0.15, 0.2) is 109 Å². The highest BCUT2D eigenvalue weighted by atomic mass is 16.5. The van der Waals surface area contributed by atoms with Crippen LogP contribution < -0.4 is 20.9 Å². The van der Waals surface area contributed by atoms with Gasteiger partial charge in [0.2, 0.25) is 0 Å². The van der Waals surface area contributed by atoms with Crippen molar-refractivity contribution in [3.8, 4) is 11.5 Å². The predicted molar refractivity (Wildman–Crippen MR) is 182 cm³/mol. The smallest absolute Gasteiger partial charge is 0.329 e. The van der Waals surface area contributed by atoms with Crippen molar-refractivity contribution in [2.75, 3.05) is 0 Å². The molecule has 10 heteroatoms. The molecule has 0 aliphatic heterocycles. The number of carbonyl (C=O) groups excluding carboxylic acids is 3. The first kappa shape index (κ1) is 35.5. The van der Waals surface area contributed by atoms with E-state index in [1.165, 1.54) is 6.07 Å². The second-order valence-corrected chi connectivity index (χ2v) is 12.1. The van der Waals surface area contributed by atoms with Crippen molar-refractivity contribution in [2.45, 2.75) is 65.0 Å². The molecule has 0 aliphatic rings. The minimum Gasteiger partial charge on any atom is -0.504 e. The van der Waals surface area contributed by atoms with Crippen LogP contribution in [0, 0.1) is 5.92 Å². The van der Waals surface area contributed by atoms with Crippen molar-refractivity contribution in [2.24, 2.45) is 5.92 Å². The maximum absolute atomic E-state index is 13.6.